The van der Waals surface area contributed by atoms with E-state index in [2.05, 4.69) is 104 Å². The van der Waals surface area contributed by atoms with Gasteiger partial charge in [0.2, 0.25) is 5.91 Å². The van der Waals surface area contributed by atoms with E-state index in [1.54, 1.807) is 0 Å². The Hall–Kier alpha value is -5.15. The average molecular weight is 665 g/mol. The number of piperidine rings is 1. The summed E-state index contributed by atoms with van der Waals surface area (Å²) >= 11 is 0. The number of aromatic nitrogens is 2. The smallest absolute Gasteiger partial charge is 0.328 e. The Labute approximate surface area is 290 Å². The number of carbonyl (C=O) groups excluding carboxylic acids is 1. The predicted molar refractivity (Wildman–Crippen MR) is 194 cm³/mol. The molecule has 49 heavy (non-hydrogen) atoms. The van der Waals surface area contributed by atoms with E-state index in [1.807, 2.05) is 18.5 Å². The number of carbonyl (C=O) groups is 3. The van der Waals surface area contributed by atoms with E-state index >= 15 is 0 Å². The quantitative estimate of drug-likeness (QED) is 0.161. The number of hydrogen-bond donors (Lipinski definition) is 3. The zero-order valence-electron chi connectivity index (χ0n) is 29.2. The van der Waals surface area contributed by atoms with E-state index in [9.17, 15) is 14.4 Å². The fourth-order valence-electron chi connectivity index (χ4n) is 5.93. The number of amides is 1. The second-order valence-electron chi connectivity index (χ2n) is 12.8. The minimum absolute atomic E-state index is 0. The van der Waals surface area contributed by atoms with Gasteiger partial charge in [-0.1, -0.05) is 0 Å². The molecular weight excluding hydrogens is 616 g/mol. The van der Waals surface area contributed by atoms with Gasteiger partial charge in [0.05, 0.1) is 11.4 Å². The van der Waals surface area contributed by atoms with Gasteiger partial charge in [-0.15, -0.1) is 0 Å². The Morgan fingerprint density at radius 1 is 0.735 bits per heavy atom. The summed E-state index contributed by atoms with van der Waals surface area (Å²) in [6, 6.07) is 17.3. The zero-order valence-corrected chi connectivity index (χ0v) is 29.2. The van der Waals surface area contributed by atoms with Crippen molar-refractivity contribution in [2.45, 2.75) is 67.5 Å². The molecule has 0 bridgehead atoms. The molecule has 1 fully saturated rings. The maximum Gasteiger partial charge on any atom is 0.328 e. The summed E-state index contributed by atoms with van der Waals surface area (Å²) in [5, 5.41) is 18.8. The van der Waals surface area contributed by atoms with Crippen LogP contribution >= 0.6 is 0 Å². The second-order valence-corrected chi connectivity index (χ2v) is 12.8. The minimum atomic E-state index is -1.26. The summed E-state index contributed by atoms with van der Waals surface area (Å²) < 4.78 is 0. The molecule has 1 saturated heterocycles. The number of rotatable bonds is 9. The van der Waals surface area contributed by atoms with E-state index in [0.717, 1.165) is 55.0 Å². The molecule has 3 N–H and O–H groups in total. The van der Waals surface area contributed by atoms with E-state index in [-0.39, 0.29) is 13.3 Å². The van der Waals surface area contributed by atoms with Crippen LogP contribution in [0.4, 0.5) is 0 Å². The molecular formula is C40H48N4O5. The molecule has 2 aromatic carbocycles. The van der Waals surface area contributed by atoms with Crippen LogP contribution in [0.5, 0.6) is 0 Å². The Morgan fingerprint density at radius 2 is 1.16 bits per heavy atom. The van der Waals surface area contributed by atoms with Crippen LogP contribution in [0.2, 0.25) is 0 Å². The Morgan fingerprint density at radius 3 is 1.61 bits per heavy atom. The molecule has 5 rings (SSSR count). The van der Waals surface area contributed by atoms with Gasteiger partial charge in [0.15, 0.2) is 0 Å². The van der Waals surface area contributed by atoms with Gasteiger partial charge in [0.25, 0.3) is 0 Å². The predicted octanol–water partition coefficient (Wildman–Crippen LogP) is 7.15. The highest BCUT2D eigenvalue weighted by molar-refractivity contribution is 5.89. The van der Waals surface area contributed by atoms with Crippen molar-refractivity contribution in [3.63, 3.8) is 0 Å². The van der Waals surface area contributed by atoms with Crippen molar-refractivity contribution in [2.75, 3.05) is 13.1 Å². The number of aliphatic carboxylic acids is 2. The van der Waals surface area contributed by atoms with Gasteiger partial charge >= 0.3 is 11.9 Å². The number of aryl methyl sites for hydroxylation is 4. The fraction of sp³-hybridized carbons (Fsp3) is 0.325. The molecule has 0 spiro atoms. The Balaban J connectivity index is 0.000000672. The SMILES string of the molecule is Cc1cc(-c2cc(CNC(=O)C3CCN(Cc4ccnc(-c5cc(C)c(C)c(C)c5)c4)CC3)ccn2)cc(C)c1C.O=C(O)/C=C\C(=O)O.[HH]. The number of carboxylic acid groups (broad SMARTS) is 2. The largest absolute Gasteiger partial charge is 0.478 e. The monoisotopic (exact) mass is 664 g/mol. The van der Waals surface area contributed by atoms with Crippen LogP contribution in [-0.2, 0) is 27.5 Å². The van der Waals surface area contributed by atoms with Crippen LogP contribution < -0.4 is 5.32 Å². The molecule has 9 heteroatoms. The van der Waals surface area contributed by atoms with Gasteiger partial charge < -0.3 is 15.5 Å². The van der Waals surface area contributed by atoms with Crippen molar-refractivity contribution in [1.29, 1.82) is 0 Å². The fourth-order valence-corrected chi connectivity index (χ4v) is 5.93. The molecule has 4 aromatic rings. The number of nitrogens with zero attached hydrogens (tertiary/aromatic N) is 3. The van der Waals surface area contributed by atoms with Crippen molar-refractivity contribution in [2.24, 2.45) is 5.92 Å². The average Bonchev–Trinajstić information content (AvgIpc) is 3.08. The van der Waals surface area contributed by atoms with Crippen molar-refractivity contribution < 1.29 is 26.0 Å². The summed E-state index contributed by atoms with van der Waals surface area (Å²) in [6.45, 7) is 16.2. The molecule has 0 unspecified atom stereocenters. The molecule has 3 heterocycles. The highest BCUT2D eigenvalue weighted by Crippen LogP contribution is 2.26. The summed E-state index contributed by atoms with van der Waals surface area (Å²) in [6.07, 6.45) is 6.63. The Bertz CT molecular complexity index is 1800. The lowest BCUT2D eigenvalue weighted by Crippen LogP contribution is -2.40. The number of hydrogen-bond acceptors (Lipinski definition) is 6. The molecule has 0 saturated carbocycles. The third kappa shape index (κ3) is 10.4. The number of likely N-dealkylation sites (tertiary alicyclic amines) is 1. The van der Waals surface area contributed by atoms with Gasteiger partial charge in [-0.2, -0.15) is 0 Å². The lowest BCUT2D eigenvalue weighted by atomic mass is 9.95. The summed E-state index contributed by atoms with van der Waals surface area (Å²) in [4.78, 5) is 43.9. The third-order valence-electron chi connectivity index (χ3n) is 9.29. The van der Waals surface area contributed by atoms with Crippen LogP contribution in [-0.4, -0.2) is 56.0 Å². The topological polar surface area (TPSA) is 133 Å². The van der Waals surface area contributed by atoms with Gasteiger partial charge in [0.1, 0.15) is 0 Å². The van der Waals surface area contributed by atoms with Gasteiger partial charge in [-0.05, 0) is 161 Å². The minimum Gasteiger partial charge on any atom is -0.478 e. The first-order valence-electron chi connectivity index (χ1n) is 16.5. The van der Waals surface area contributed by atoms with Crippen molar-refractivity contribution in [1.82, 2.24) is 20.2 Å². The Kier molecular flexibility index (Phi) is 12.6. The number of benzene rings is 2. The highest BCUT2D eigenvalue weighted by Gasteiger charge is 2.25. The van der Waals surface area contributed by atoms with Crippen LogP contribution in [0.1, 0.15) is 58.8 Å². The van der Waals surface area contributed by atoms with Crippen molar-refractivity contribution in [3.8, 4) is 22.5 Å². The second kappa shape index (κ2) is 16.8. The maximum atomic E-state index is 13.0. The van der Waals surface area contributed by atoms with Crippen molar-refractivity contribution in [3.05, 3.63) is 118 Å². The number of carboxylic acids is 2. The highest BCUT2D eigenvalue weighted by atomic mass is 16.4. The van der Waals surface area contributed by atoms with Crippen LogP contribution in [0.15, 0.2) is 73.1 Å². The first-order chi connectivity index (χ1) is 23.3. The van der Waals surface area contributed by atoms with E-state index in [0.29, 0.717) is 18.7 Å². The molecule has 1 amide bonds. The summed E-state index contributed by atoms with van der Waals surface area (Å²) in [5.41, 5.74) is 14.4. The summed E-state index contributed by atoms with van der Waals surface area (Å²) in [5.74, 6) is -2.30. The van der Waals surface area contributed by atoms with Crippen LogP contribution in [0, 0.1) is 47.5 Å². The van der Waals surface area contributed by atoms with Crippen LogP contribution in [0.25, 0.3) is 22.5 Å². The van der Waals surface area contributed by atoms with E-state index < -0.39 is 11.9 Å². The molecule has 2 aromatic heterocycles. The molecule has 9 nitrogen and oxygen atoms in total. The standard InChI is InChI=1S/C36H42N4O.C4H4O4.H2/c1-23-15-32(16-24(2)27(23)5)34-19-29(7-11-37-34)21-39-36(41)31-9-13-40(14-10-31)22-30-8-12-38-35(20-30)33-17-25(3)28(6)26(4)18-33;5-3(6)1-2-4(7)8;/h7-8,11-12,15-20,31H,9-10,13-14,21-22H2,1-6H3,(H,39,41);1-2H,(H,5,6)(H,7,8);1H/b;2-1-;. The lowest BCUT2D eigenvalue weighted by molar-refractivity contribution is -0.134. The molecule has 0 atom stereocenters. The maximum absolute atomic E-state index is 13.0. The van der Waals surface area contributed by atoms with E-state index in [4.69, 9.17) is 10.2 Å². The molecule has 1 aliphatic heterocycles. The molecule has 0 radical (unpaired) electrons. The molecule has 0 aliphatic carbocycles. The normalized spacial score (nSPS) is 13.5. The van der Waals surface area contributed by atoms with Gasteiger partial charge in [-0.3, -0.25) is 19.7 Å². The molecule has 1 aliphatic rings. The first-order valence-corrected chi connectivity index (χ1v) is 16.5. The summed E-state index contributed by atoms with van der Waals surface area (Å²) in [7, 11) is 0. The van der Waals surface area contributed by atoms with Gasteiger partial charge in [-0.25, -0.2) is 9.59 Å². The number of nitrogens with one attached hydrogen (secondary N) is 1. The van der Waals surface area contributed by atoms with Crippen molar-refractivity contribution >= 4 is 17.8 Å². The zero-order chi connectivity index (χ0) is 35.7. The van der Waals surface area contributed by atoms with Gasteiger partial charge in [0, 0.05) is 56.1 Å². The third-order valence-corrected chi connectivity index (χ3v) is 9.29. The van der Waals surface area contributed by atoms with E-state index in [1.165, 1.54) is 44.5 Å². The lowest BCUT2D eigenvalue weighted by Gasteiger charge is -2.31. The first kappa shape index (κ1) is 36.7. The number of pyridine rings is 2. The van der Waals surface area contributed by atoms with Crippen LogP contribution in [0.3, 0.4) is 0 Å². The molecule has 258 valence electrons.